The molecule has 8 heteroatoms. The Hall–Kier alpha value is -3.00. The maximum atomic E-state index is 12.0. The molecule has 0 aliphatic rings. The van der Waals surface area contributed by atoms with E-state index in [1.807, 2.05) is 48.7 Å². The third-order valence-electron chi connectivity index (χ3n) is 3.73. The van der Waals surface area contributed by atoms with Crippen molar-refractivity contribution in [3.8, 4) is 11.4 Å². The van der Waals surface area contributed by atoms with Crippen LogP contribution in [0.4, 0.5) is 0 Å². The van der Waals surface area contributed by atoms with E-state index in [0.717, 1.165) is 23.5 Å². The van der Waals surface area contributed by atoms with Gasteiger partial charge in [-0.05, 0) is 26.0 Å². The fourth-order valence-electron chi connectivity index (χ4n) is 2.47. The van der Waals surface area contributed by atoms with E-state index < -0.39 is 0 Å². The number of benzene rings is 1. The maximum absolute atomic E-state index is 12.0. The number of carbonyl (C=O) groups is 1. The number of aryl methyl sites for hydroxylation is 1. The van der Waals surface area contributed by atoms with Gasteiger partial charge in [-0.3, -0.25) is 9.78 Å². The first-order valence-electron chi connectivity index (χ1n) is 8.52. The first-order valence-corrected chi connectivity index (χ1v) is 9.51. The highest BCUT2D eigenvalue weighted by Crippen LogP contribution is 2.24. The molecule has 0 bridgehead atoms. The van der Waals surface area contributed by atoms with Crippen molar-refractivity contribution in [2.24, 2.45) is 5.10 Å². The van der Waals surface area contributed by atoms with Crippen molar-refractivity contribution in [3.63, 3.8) is 0 Å². The zero-order chi connectivity index (χ0) is 19.1. The molecule has 0 spiro atoms. The van der Waals surface area contributed by atoms with E-state index >= 15 is 0 Å². The van der Waals surface area contributed by atoms with E-state index in [0.29, 0.717) is 5.16 Å². The fourth-order valence-corrected chi connectivity index (χ4v) is 3.27. The molecule has 0 saturated heterocycles. The molecule has 0 aliphatic heterocycles. The summed E-state index contributed by atoms with van der Waals surface area (Å²) in [5, 5.41) is 13.2. The Balaban J connectivity index is 1.61. The summed E-state index contributed by atoms with van der Waals surface area (Å²) >= 11 is 1.34. The number of carbonyl (C=O) groups excluding carboxylic acids is 1. The molecule has 1 aromatic carbocycles. The Labute approximate surface area is 161 Å². The van der Waals surface area contributed by atoms with Gasteiger partial charge >= 0.3 is 0 Å². The predicted molar refractivity (Wildman–Crippen MR) is 107 cm³/mol. The Morgan fingerprint density at radius 3 is 2.93 bits per heavy atom. The predicted octanol–water partition coefficient (Wildman–Crippen LogP) is 2.91. The van der Waals surface area contributed by atoms with Gasteiger partial charge in [0.25, 0.3) is 5.91 Å². The molecular formula is C19H20N6OS. The fraction of sp³-hybridized carbons (Fsp3) is 0.211. The number of amides is 1. The van der Waals surface area contributed by atoms with Gasteiger partial charge in [-0.15, -0.1) is 10.2 Å². The zero-order valence-electron chi connectivity index (χ0n) is 15.2. The van der Waals surface area contributed by atoms with Crippen LogP contribution >= 0.6 is 11.8 Å². The zero-order valence-corrected chi connectivity index (χ0v) is 16.0. The number of rotatable bonds is 7. The minimum atomic E-state index is -0.206. The van der Waals surface area contributed by atoms with E-state index in [-0.39, 0.29) is 11.7 Å². The molecular weight excluding hydrogens is 360 g/mol. The summed E-state index contributed by atoms with van der Waals surface area (Å²) in [5.74, 6) is 0.803. The normalized spacial score (nSPS) is 11.0. The maximum Gasteiger partial charge on any atom is 0.250 e. The van der Waals surface area contributed by atoms with E-state index in [4.69, 9.17) is 0 Å². The molecule has 1 N–H and O–H groups in total. The SMILES string of the molecule is CCn1c(SCC(=O)N/N=C/c2cccnc2)nnc1-c1cccc(C)c1. The minimum absolute atomic E-state index is 0.205. The number of hydrogen-bond donors (Lipinski definition) is 1. The molecule has 3 aromatic rings. The summed E-state index contributed by atoms with van der Waals surface area (Å²) in [4.78, 5) is 16.0. The molecule has 0 unspecified atom stereocenters. The second-order valence-electron chi connectivity index (χ2n) is 5.79. The highest BCUT2D eigenvalue weighted by atomic mass is 32.2. The number of hydrogen-bond acceptors (Lipinski definition) is 6. The molecule has 0 radical (unpaired) electrons. The van der Waals surface area contributed by atoms with E-state index in [1.165, 1.54) is 17.3 Å². The summed E-state index contributed by atoms with van der Waals surface area (Å²) in [6, 6.07) is 11.8. The number of nitrogens with one attached hydrogen (secondary N) is 1. The van der Waals surface area contributed by atoms with E-state index in [2.05, 4.69) is 31.8 Å². The van der Waals surface area contributed by atoms with Crippen molar-refractivity contribution >= 4 is 23.9 Å². The van der Waals surface area contributed by atoms with Gasteiger partial charge in [0.2, 0.25) is 0 Å². The monoisotopic (exact) mass is 380 g/mol. The number of nitrogens with zero attached hydrogens (tertiary/aromatic N) is 5. The number of hydrazone groups is 1. The third kappa shape index (κ3) is 5.01. The molecule has 2 heterocycles. The van der Waals surface area contributed by atoms with Gasteiger partial charge in [-0.1, -0.05) is 41.6 Å². The largest absolute Gasteiger partial charge is 0.302 e. The molecule has 1 amide bonds. The summed E-state index contributed by atoms with van der Waals surface area (Å²) in [5.41, 5.74) is 5.51. The lowest BCUT2D eigenvalue weighted by Crippen LogP contribution is -2.20. The van der Waals surface area contributed by atoms with Gasteiger partial charge in [0.1, 0.15) is 0 Å². The van der Waals surface area contributed by atoms with Crippen molar-refractivity contribution in [1.82, 2.24) is 25.2 Å². The molecule has 27 heavy (non-hydrogen) atoms. The average molecular weight is 380 g/mol. The molecule has 0 saturated carbocycles. The van der Waals surface area contributed by atoms with Crippen molar-refractivity contribution in [2.75, 3.05) is 5.75 Å². The second-order valence-corrected chi connectivity index (χ2v) is 6.73. The number of pyridine rings is 1. The molecule has 138 valence electrons. The lowest BCUT2D eigenvalue weighted by molar-refractivity contribution is -0.118. The van der Waals surface area contributed by atoms with Crippen molar-refractivity contribution in [2.45, 2.75) is 25.5 Å². The van der Waals surface area contributed by atoms with Crippen LogP contribution in [0.5, 0.6) is 0 Å². The quantitative estimate of drug-likeness (QED) is 0.387. The Bertz CT molecular complexity index is 938. The van der Waals surface area contributed by atoms with Crippen LogP contribution in [0.2, 0.25) is 0 Å². The molecule has 2 aromatic heterocycles. The summed E-state index contributed by atoms with van der Waals surface area (Å²) in [6.45, 7) is 4.80. The van der Waals surface area contributed by atoms with Crippen molar-refractivity contribution in [3.05, 3.63) is 59.9 Å². The molecule has 7 nitrogen and oxygen atoms in total. The van der Waals surface area contributed by atoms with E-state index in [9.17, 15) is 4.79 Å². The topological polar surface area (TPSA) is 85.1 Å². The summed E-state index contributed by atoms with van der Waals surface area (Å²) in [7, 11) is 0. The van der Waals surface area contributed by atoms with Crippen molar-refractivity contribution < 1.29 is 4.79 Å². The van der Waals surface area contributed by atoms with Crippen LogP contribution in [0.25, 0.3) is 11.4 Å². The Morgan fingerprint density at radius 1 is 1.30 bits per heavy atom. The Kier molecular flexibility index (Phi) is 6.32. The van der Waals surface area contributed by atoms with Gasteiger partial charge in [0.05, 0.1) is 12.0 Å². The standard InChI is InChI=1S/C19H20N6OS/c1-3-25-18(16-8-4-6-14(2)10-16)23-24-19(25)27-13-17(26)22-21-12-15-7-5-9-20-11-15/h4-12H,3,13H2,1-2H3,(H,22,26)/b21-12+. The van der Waals surface area contributed by atoms with Crippen LogP contribution in [0.1, 0.15) is 18.1 Å². The number of thioether (sulfide) groups is 1. The van der Waals surface area contributed by atoms with Gasteiger partial charge in [-0.2, -0.15) is 5.10 Å². The third-order valence-corrected chi connectivity index (χ3v) is 4.70. The first kappa shape index (κ1) is 18.8. The van der Waals surface area contributed by atoms with E-state index in [1.54, 1.807) is 18.6 Å². The van der Waals surface area contributed by atoms with Crippen LogP contribution in [0.3, 0.4) is 0 Å². The highest BCUT2D eigenvalue weighted by Gasteiger charge is 2.14. The second kappa shape index (κ2) is 9.09. The first-order chi connectivity index (χ1) is 13.2. The molecule has 0 aliphatic carbocycles. The summed E-state index contributed by atoms with van der Waals surface area (Å²) < 4.78 is 2.01. The smallest absolute Gasteiger partial charge is 0.250 e. The van der Waals surface area contributed by atoms with Gasteiger partial charge < -0.3 is 4.57 Å². The van der Waals surface area contributed by atoms with Gasteiger partial charge in [0, 0.05) is 30.1 Å². The van der Waals surface area contributed by atoms with Gasteiger partial charge in [-0.25, -0.2) is 5.43 Å². The van der Waals surface area contributed by atoms with Crippen LogP contribution < -0.4 is 5.43 Å². The molecule has 0 fully saturated rings. The lowest BCUT2D eigenvalue weighted by Gasteiger charge is -2.07. The van der Waals surface area contributed by atoms with Crippen molar-refractivity contribution in [1.29, 1.82) is 0 Å². The minimum Gasteiger partial charge on any atom is -0.302 e. The highest BCUT2D eigenvalue weighted by molar-refractivity contribution is 7.99. The van der Waals surface area contributed by atoms with Crippen LogP contribution in [-0.2, 0) is 11.3 Å². The number of aromatic nitrogens is 4. The average Bonchev–Trinajstić information content (AvgIpc) is 3.10. The molecule has 3 rings (SSSR count). The van der Waals surface area contributed by atoms with Crippen LogP contribution in [0, 0.1) is 6.92 Å². The van der Waals surface area contributed by atoms with Crippen LogP contribution in [0.15, 0.2) is 59.0 Å². The molecule has 0 atom stereocenters. The lowest BCUT2D eigenvalue weighted by atomic mass is 10.1. The van der Waals surface area contributed by atoms with Gasteiger partial charge in [0.15, 0.2) is 11.0 Å². The summed E-state index contributed by atoms with van der Waals surface area (Å²) in [6.07, 6.45) is 4.91. The van der Waals surface area contributed by atoms with Crippen LogP contribution in [-0.4, -0.2) is 37.6 Å². The Morgan fingerprint density at radius 2 is 2.19 bits per heavy atom.